The third-order valence-corrected chi connectivity index (χ3v) is 6.48. The number of nitrogens with one attached hydrogen (secondary N) is 1. The normalized spacial score (nSPS) is 19.9. The van der Waals surface area contributed by atoms with E-state index in [-0.39, 0.29) is 30.2 Å². The first-order chi connectivity index (χ1) is 15.0. The quantitative estimate of drug-likeness (QED) is 0.551. The van der Waals surface area contributed by atoms with Gasteiger partial charge in [0, 0.05) is 5.75 Å². The summed E-state index contributed by atoms with van der Waals surface area (Å²) in [5.74, 6) is -0.313. The molecule has 2 atom stereocenters. The minimum Gasteiger partial charge on any atom is -0.456 e. The summed E-state index contributed by atoms with van der Waals surface area (Å²) in [5.41, 5.74) is 2.76. The molecule has 2 aromatic carbocycles. The van der Waals surface area contributed by atoms with Crippen LogP contribution < -0.4 is 5.32 Å². The summed E-state index contributed by atoms with van der Waals surface area (Å²) in [7, 11) is 0. The van der Waals surface area contributed by atoms with E-state index in [0.29, 0.717) is 5.75 Å². The van der Waals surface area contributed by atoms with Gasteiger partial charge in [-0.2, -0.15) is 0 Å². The topological polar surface area (TPSA) is 84.9 Å². The van der Waals surface area contributed by atoms with E-state index in [1.165, 1.54) is 16.7 Å². The monoisotopic (exact) mass is 438 g/mol. The van der Waals surface area contributed by atoms with Crippen LogP contribution in [-0.2, 0) is 32.3 Å². The molecule has 2 aliphatic rings. The Balaban J connectivity index is 1.35. The number of hydrogen-bond acceptors (Lipinski definition) is 6. The first kappa shape index (κ1) is 21.0. The molecular weight excluding hydrogens is 416 g/mol. The predicted molar refractivity (Wildman–Crippen MR) is 116 cm³/mol. The van der Waals surface area contributed by atoms with Crippen molar-refractivity contribution in [1.82, 2.24) is 10.2 Å². The number of rotatable bonds is 6. The molecule has 0 aliphatic carbocycles. The third kappa shape index (κ3) is 4.59. The van der Waals surface area contributed by atoms with E-state index in [0.717, 1.165) is 16.7 Å². The van der Waals surface area contributed by atoms with Crippen LogP contribution in [0.2, 0.25) is 0 Å². The van der Waals surface area contributed by atoms with Gasteiger partial charge in [-0.3, -0.25) is 9.69 Å². The van der Waals surface area contributed by atoms with Gasteiger partial charge in [0.1, 0.15) is 30.3 Å². The van der Waals surface area contributed by atoms with Crippen molar-refractivity contribution < 1.29 is 23.9 Å². The van der Waals surface area contributed by atoms with Crippen molar-refractivity contribution in [2.24, 2.45) is 0 Å². The van der Waals surface area contributed by atoms with Gasteiger partial charge in [0.2, 0.25) is 0 Å². The maximum absolute atomic E-state index is 12.7. The summed E-state index contributed by atoms with van der Waals surface area (Å²) in [6.45, 7) is 2.06. The van der Waals surface area contributed by atoms with Crippen molar-refractivity contribution in [2.75, 3.05) is 5.75 Å². The van der Waals surface area contributed by atoms with Crippen molar-refractivity contribution in [3.8, 4) is 0 Å². The predicted octanol–water partition coefficient (Wildman–Crippen LogP) is 3.21. The molecule has 1 N–H and O–H groups in total. The molecule has 0 bridgehead atoms. The molecule has 0 spiro atoms. The van der Waals surface area contributed by atoms with Gasteiger partial charge >= 0.3 is 12.1 Å². The number of thioether (sulfide) groups is 1. The number of fused-ring (bicyclic) bond motifs is 1. The Hall–Kier alpha value is -3.26. The summed E-state index contributed by atoms with van der Waals surface area (Å²) < 4.78 is 10.6. The molecule has 2 amide bonds. The maximum Gasteiger partial charge on any atom is 0.408 e. The fourth-order valence-electron chi connectivity index (χ4n) is 3.45. The van der Waals surface area contributed by atoms with Crippen molar-refractivity contribution in [3.63, 3.8) is 0 Å². The van der Waals surface area contributed by atoms with Gasteiger partial charge in [0.15, 0.2) is 0 Å². The highest BCUT2D eigenvalue weighted by molar-refractivity contribution is 8.00. The summed E-state index contributed by atoms with van der Waals surface area (Å²) in [4.78, 5) is 39.0. The Morgan fingerprint density at radius 3 is 2.19 bits per heavy atom. The number of benzene rings is 2. The van der Waals surface area contributed by atoms with Crippen LogP contribution in [0.25, 0.3) is 0 Å². The average Bonchev–Trinajstić information content (AvgIpc) is 2.80. The van der Waals surface area contributed by atoms with Crippen molar-refractivity contribution in [2.45, 2.75) is 31.6 Å². The van der Waals surface area contributed by atoms with E-state index in [1.807, 2.05) is 67.6 Å². The van der Waals surface area contributed by atoms with E-state index in [1.54, 1.807) is 0 Å². The first-order valence-corrected chi connectivity index (χ1v) is 10.9. The number of esters is 1. The highest BCUT2D eigenvalue weighted by Gasteiger charge is 2.54. The van der Waals surface area contributed by atoms with Gasteiger partial charge < -0.3 is 14.8 Å². The molecule has 2 heterocycles. The van der Waals surface area contributed by atoms with Crippen LogP contribution in [0.15, 0.2) is 71.9 Å². The number of nitrogens with zero attached hydrogens (tertiary/aromatic N) is 1. The third-order valence-electron chi connectivity index (χ3n) is 5.05. The summed E-state index contributed by atoms with van der Waals surface area (Å²) in [6, 6.07) is 17.9. The molecule has 0 radical (unpaired) electrons. The zero-order valence-electron chi connectivity index (χ0n) is 16.9. The molecule has 8 heteroatoms. The minimum absolute atomic E-state index is 0.116. The second-order valence-corrected chi connectivity index (χ2v) is 8.39. The summed E-state index contributed by atoms with van der Waals surface area (Å²) in [6.07, 6.45) is -0.665. The van der Waals surface area contributed by atoms with Crippen molar-refractivity contribution >= 4 is 29.7 Å². The zero-order valence-corrected chi connectivity index (χ0v) is 17.8. The number of alkyl carbamates (subject to hydrolysis) is 1. The van der Waals surface area contributed by atoms with Gasteiger partial charge in [0.25, 0.3) is 5.91 Å². The fourth-order valence-corrected chi connectivity index (χ4v) is 4.74. The van der Waals surface area contributed by atoms with Crippen LogP contribution >= 0.6 is 11.8 Å². The van der Waals surface area contributed by atoms with E-state index >= 15 is 0 Å². The number of hydrogen-bond donors (Lipinski definition) is 1. The lowest BCUT2D eigenvalue weighted by atomic mass is 10.0. The molecule has 1 saturated heterocycles. The fraction of sp³-hybridized carbons (Fsp3) is 0.261. The lowest BCUT2D eigenvalue weighted by Crippen LogP contribution is -2.70. The van der Waals surface area contributed by atoms with Gasteiger partial charge in [-0.05, 0) is 23.6 Å². The van der Waals surface area contributed by atoms with Gasteiger partial charge in [-0.1, -0.05) is 60.7 Å². The standard InChI is InChI=1S/C23H22N2O5S/c1-15-14-31-21-18(24-23(28)30-13-17-10-6-3-7-11-17)20(26)25(21)19(15)22(27)29-12-16-8-4-2-5-9-16/h2-11,18,21H,12-14H2,1H3,(H,24,28)/t18-,21-/m1/s1. The van der Waals surface area contributed by atoms with Crippen LogP contribution in [0.1, 0.15) is 18.1 Å². The van der Waals surface area contributed by atoms with Gasteiger partial charge in [0.05, 0.1) is 0 Å². The van der Waals surface area contributed by atoms with E-state index in [2.05, 4.69) is 5.32 Å². The van der Waals surface area contributed by atoms with Crippen LogP contribution in [-0.4, -0.2) is 40.0 Å². The zero-order chi connectivity index (χ0) is 21.8. The molecule has 0 saturated carbocycles. The first-order valence-electron chi connectivity index (χ1n) is 9.87. The Labute approximate surface area is 184 Å². The molecule has 160 valence electrons. The Morgan fingerprint density at radius 1 is 1.00 bits per heavy atom. The molecule has 31 heavy (non-hydrogen) atoms. The second-order valence-electron chi connectivity index (χ2n) is 7.28. The average molecular weight is 439 g/mol. The van der Waals surface area contributed by atoms with E-state index in [4.69, 9.17) is 9.47 Å². The van der Waals surface area contributed by atoms with Crippen LogP contribution in [0.3, 0.4) is 0 Å². The van der Waals surface area contributed by atoms with Crippen LogP contribution in [0.4, 0.5) is 4.79 Å². The molecule has 4 rings (SSSR count). The molecular formula is C23H22N2O5S. The number of carbonyl (C=O) groups is 3. The maximum atomic E-state index is 12.7. The van der Waals surface area contributed by atoms with Crippen LogP contribution in [0, 0.1) is 0 Å². The molecule has 0 unspecified atom stereocenters. The number of carbonyl (C=O) groups excluding carboxylic acids is 3. The minimum atomic E-state index is -0.738. The number of β-lactam (4-membered cyclic amide) rings is 1. The summed E-state index contributed by atoms with van der Waals surface area (Å²) >= 11 is 1.49. The number of amides is 2. The van der Waals surface area contributed by atoms with Crippen molar-refractivity contribution in [3.05, 3.63) is 83.1 Å². The lowest BCUT2D eigenvalue weighted by Gasteiger charge is -2.49. The van der Waals surface area contributed by atoms with E-state index < -0.39 is 18.1 Å². The SMILES string of the molecule is CC1=C(C(=O)OCc2ccccc2)N2C(=O)[C@@H](NC(=O)OCc3ccccc3)[C@H]2SC1. The molecule has 2 aromatic rings. The largest absolute Gasteiger partial charge is 0.456 e. The lowest BCUT2D eigenvalue weighted by molar-refractivity contribution is -0.152. The Kier molecular flexibility index (Phi) is 6.27. The highest BCUT2D eigenvalue weighted by atomic mass is 32.2. The van der Waals surface area contributed by atoms with Gasteiger partial charge in [-0.15, -0.1) is 11.8 Å². The Morgan fingerprint density at radius 2 is 1.58 bits per heavy atom. The second kappa shape index (κ2) is 9.26. The highest BCUT2D eigenvalue weighted by Crippen LogP contribution is 2.40. The Bertz CT molecular complexity index is 1010. The summed E-state index contributed by atoms with van der Waals surface area (Å²) in [5, 5.41) is 2.26. The molecule has 0 aromatic heterocycles. The van der Waals surface area contributed by atoms with E-state index in [9.17, 15) is 14.4 Å². The van der Waals surface area contributed by atoms with Gasteiger partial charge in [-0.25, -0.2) is 9.59 Å². The number of ether oxygens (including phenoxy) is 2. The molecule has 2 aliphatic heterocycles. The van der Waals surface area contributed by atoms with Crippen LogP contribution in [0.5, 0.6) is 0 Å². The smallest absolute Gasteiger partial charge is 0.408 e. The van der Waals surface area contributed by atoms with Crippen molar-refractivity contribution in [1.29, 1.82) is 0 Å². The molecule has 1 fully saturated rings. The molecule has 7 nitrogen and oxygen atoms in total.